The SMILES string of the molecule is CCCOc1cccc(CN2CCN(C(C)c3cccnc3)CC2)c1. The Hall–Kier alpha value is -1.91. The van der Waals surface area contributed by atoms with Crippen LogP contribution in [0.3, 0.4) is 0 Å². The van der Waals surface area contributed by atoms with Gasteiger partial charge >= 0.3 is 0 Å². The van der Waals surface area contributed by atoms with Crippen LogP contribution >= 0.6 is 0 Å². The molecule has 1 fully saturated rings. The first-order chi connectivity index (χ1) is 12.3. The first kappa shape index (κ1) is 17.9. The molecule has 0 amide bonds. The molecule has 0 radical (unpaired) electrons. The Balaban J connectivity index is 1.51. The molecule has 0 bridgehead atoms. The highest BCUT2D eigenvalue weighted by Gasteiger charge is 2.22. The molecular formula is C21H29N3O. The van der Waals surface area contributed by atoms with Crippen molar-refractivity contribution < 1.29 is 4.74 Å². The van der Waals surface area contributed by atoms with E-state index < -0.39 is 0 Å². The van der Waals surface area contributed by atoms with E-state index in [1.165, 1.54) is 11.1 Å². The molecular weight excluding hydrogens is 310 g/mol. The minimum Gasteiger partial charge on any atom is -0.494 e. The van der Waals surface area contributed by atoms with E-state index in [2.05, 4.69) is 52.9 Å². The third kappa shape index (κ3) is 5.03. The van der Waals surface area contributed by atoms with Crippen molar-refractivity contribution in [3.8, 4) is 5.75 Å². The second-order valence-electron chi connectivity index (χ2n) is 6.77. The molecule has 134 valence electrons. The van der Waals surface area contributed by atoms with Gasteiger partial charge in [0.1, 0.15) is 5.75 Å². The Morgan fingerprint density at radius 1 is 1.12 bits per heavy atom. The summed E-state index contributed by atoms with van der Waals surface area (Å²) in [4.78, 5) is 9.33. The van der Waals surface area contributed by atoms with E-state index in [-0.39, 0.29) is 0 Å². The lowest BCUT2D eigenvalue weighted by molar-refractivity contribution is 0.0977. The lowest BCUT2D eigenvalue weighted by Gasteiger charge is -2.38. The number of rotatable bonds is 7. The Bertz CT molecular complexity index is 639. The summed E-state index contributed by atoms with van der Waals surface area (Å²) < 4.78 is 5.75. The summed E-state index contributed by atoms with van der Waals surface area (Å²) in [5.74, 6) is 0.989. The number of pyridine rings is 1. The molecule has 1 atom stereocenters. The van der Waals surface area contributed by atoms with E-state index in [9.17, 15) is 0 Å². The van der Waals surface area contributed by atoms with Crippen molar-refractivity contribution in [2.24, 2.45) is 0 Å². The van der Waals surface area contributed by atoms with Gasteiger partial charge in [-0.15, -0.1) is 0 Å². The molecule has 25 heavy (non-hydrogen) atoms. The number of piperazine rings is 1. The highest BCUT2D eigenvalue weighted by molar-refractivity contribution is 5.28. The lowest BCUT2D eigenvalue weighted by Crippen LogP contribution is -2.46. The predicted octanol–water partition coefficient (Wildman–Crippen LogP) is 3.75. The molecule has 1 unspecified atom stereocenters. The zero-order valence-corrected chi connectivity index (χ0v) is 15.4. The van der Waals surface area contributed by atoms with E-state index in [0.29, 0.717) is 6.04 Å². The average Bonchev–Trinajstić information content (AvgIpc) is 2.67. The maximum absolute atomic E-state index is 5.75. The molecule has 4 nitrogen and oxygen atoms in total. The smallest absolute Gasteiger partial charge is 0.119 e. The second-order valence-corrected chi connectivity index (χ2v) is 6.77. The van der Waals surface area contributed by atoms with Crippen LogP contribution in [0.5, 0.6) is 5.75 Å². The van der Waals surface area contributed by atoms with Crippen molar-refractivity contribution in [2.45, 2.75) is 32.9 Å². The van der Waals surface area contributed by atoms with Crippen LogP contribution in [0, 0.1) is 0 Å². The van der Waals surface area contributed by atoms with Crippen LogP contribution in [0.2, 0.25) is 0 Å². The highest BCUT2D eigenvalue weighted by atomic mass is 16.5. The number of hydrogen-bond acceptors (Lipinski definition) is 4. The summed E-state index contributed by atoms with van der Waals surface area (Å²) in [7, 11) is 0. The Kier molecular flexibility index (Phi) is 6.42. The van der Waals surface area contributed by atoms with Gasteiger partial charge in [0.2, 0.25) is 0 Å². The molecule has 3 rings (SSSR count). The second kappa shape index (κ2) is 8.97. The minimum absolute atomic E-state index is 0.432. The molecule has 1 saturated heterocycles. The van der Waals surface area contributed by atoms with Crippen LogP contribution in [-0.4, -0.2) is 47.6 Å². The molecule has 1 aromatic heterocycles. The summed E-state index contributed by atoms with van der Waals surface area (Å²) in [6.45, 7) is 10.6. The van der Waals surface area contributed by atoms with E-state index in [4.69, 9.17) is 4.74 Å². The van der Waals surface area contributed by atoms with E-state index >= 15 is 0 Å². The first-order valence-electron chi connectivity index (χ1n) is 9.34. The maximum atomic E-state index is 5.75. The van der Waals surface area contributed by atoms with Gasteiger partial charge in [0.05, 0.1) is 6.61 Å². The Morgan fingerprint density at radius 3 is 2.68 bits per heavy atom. The largest absolute Gasteiger partial charge is 0.494 e. The number of ether oxygens (including phenoxy) is 1. The van der Waals surface area contributed by atoms with E-state index in [0.717, 1.165) is 51.5 Å². The molecule has 0 spiro atoms. The van der Waals surface area contributed by atoms with Gasteiger partial charge in [-0.25, -0.2) is 0 Å². The zero-order valence-electron chi connectivity index (χ0n) is 15.4. The number of benzene rings is 1. The Morgan fingerprint density at radius 2 is 1.96 bits per heavy atom. The fraction of sp³-hybridized carbons (Fsp3) is 0.476. The zero-order chi connectivity index (χ0) is 17.5. The fourth-order valence-corrected chi connectivity index (χ4v) is 3.35. The van der Waals surface area contributed by atoms with Crippen LogP contribution < -0.4 is 4.74 Å². The highest BCUT2D eigenvalue weighted by Crippen LogP contribution is 2.22. The number of aromatic nitrogens is 1. The van der Waals surface area contributed by atoms with Crippen molar-refractivity contribution in [3.63, 3.8) is 0 Å². The van der Waals surface area contributed by atoms with E-state index in [1.54, 1.807) is 0 Å². The van der Waals surface area contributed by atoms with E-state index in [1.807, 2.05) is 24.5 Å². The van der Waals surface area contributed by atoms with Gasteiger partial charge in [-0.3, -0.25) is 14.8 Å². The molecule has 2 aromatic rings. The van der Waals surface area contributed by atoms with Crippen LogP contribution in [-0.2, 0) is 6.54 Å². The molecule has 0 aliphatic carbocycles. The van der Waals surface area contributed by atoms with Crippen molar-refractivity contribution in [2.75, 3.05) is 32.8 Å². The van der Waals surface area contributed by atoms with Gasteiger partial charge in [0.15, 0.2) is 0 Å². The molecule has 0 N–H and O–H groups in total. The summed E-state index contributed by atoms with van der Waals surface area (Å²) in [5.41, 5.74) is 2.64. The number of hydrogen-bond donors (Lipinski definition) is 0. The molecule has 2 heterocycles. The molecule has 1 aliphatic heterocycles. The van der Waals surface area contributed by atoms with Crippen LogP contribution in [0.4, 0.5) is 0 Å². The van der Waals surface area contributed by atoms with Crippen LogP contribution in [0.25, 0.3) is 0 Å². The topological polar surface area (TPSA) is 28.6 Å². The van der Waals surface area contributed by atoms with Crippen LogP contribution in [0.1, 0.15) is 37.4 Å². The quantitative estimate of drug-likeness (QED) is 0.768. The fourth-order valence-electron chi connectivity index (χ4n) is 3.35. The molecule has 4 heteroatoms. The predicted molar refractivity (Wildman–Crippen MR) is 102 cm³/mol. The normalized spacial score (nSPS) is 17.4. The van der Waals surface area contributed by atoms with Crippen LogP contribution in [0.15, 0.2) is 48.8 Å². The summed E-state index contributed by atoms with van der Waals surface area (Å²) in [6, 6.07) is 13.2. The Labute approximate surface area is 151 Å². The van der Waals surface area contributed by atoms with Gasteiger partial charge < -0.3 is 4.74 Å². The first-order valence-corrected chi connectivity index (χ1v) is 9.34. The average molecular weight is 339 g/mol. The number of nitrogens with zero attached hydrogens (tertiary/aromatic N) is 3. The van der Waals surface area contributed by atoms with Gasteiger partial charge in [-0.2, -0.15) is 0 Å². The van der Waals surface area contributed by atoms with Gasteiger partial charge in [-0.1, -0.05) is 25.1 Å². The van der Waals surface area contributed by atoms with Gasteiger partial charge in [-0.05, 0) is 42.7 Å². The molecule has 0 saturated carbocycles. The van der Waals surface area contributed by atoms with Crippen molar-refractivity contribution >= 4 is 0 Å². The summed E-state index contributed by atoms with van der Waals surface area (Å²) in [5, 5.41) is 0. The minimum atomic E-state index is 0.432. The molecule has 1 aliphatic rings. The lowest BCUT2D eigenvalue weighted by atomic mass is 10.1. The molecule has 1 aromatic carbocycles. The summed E-state index contributed by atoms with van der Waals surface area (Å²) >= 11 is 0. The monoisotopic (exact) mass is 339 g/mol. The third-order valence-electron chi connectivity index (χ3n) is 4.90. The van der Waals surface area contributed by atoms with Crippen molar-refractivity contribution in [3.05, 3.63) is 59.9 Å². The standard InChI is InChI=1S/C21H29N3O/c1-3-14-25-21-8-4-6-19(15-21)17-23-10-12-24(13-11-23)18(2)20-7-5-9-22-16-20/h4-9,15-16,18H,3,10-14,17H2,1-2H3. The maximum Gasteiger partial charge on any atom is 0.119 e. The third-order valence-corrected chi connectivity index (χ3v) is 4.90. The van der Waals surface area contributed by atoms with Crippen molar-refractivity contribution in [1.82, 2.24) is 14.8 Å². The van der Waals surface area contributed by atoms with Gasteiger partial charge in [0.25, 0.3) is 0 Å². The van der Waals surface area contributed by atoms with Crippen molar-refractivity contribution in [1.29, 1.82) is 0 Å². The van der Waals surface area contributed by atoms with Gasteiger partial charge in [0, 0.05) is 51.2 Å². The summed E-state index contributed by atoms with van der Waals surface area (Å²) in [6.07, 6.45) is 4.87.